The van der Waals surface area contributed by atoms with E-state index in [9.17, 15) is 9.59 Å². The van der Waals surface area contributed by atoms with Crippen molar-refractivity contribution in [3.8, 4) is 0 Å². The molecule has 134 valence electrons. The summed E-state index contributed by atoms with van der Waals surface area (Å²) in [6, 6.07) is 9.28. The minimum atomic E-state index is -0.133. The molecule has 1 aliphatic heterocycles. The summed E-state index contributed by atoms with van der Waals surface area (Å²) in [4.78, 5) is 30.7. The summed E-state index contributed by atoms with van der Waals surface area (Å²) >= 11 is 0. The molecule has 5 heteroatoms. The summed E-state index contributed by atoms with van der Waals surface area (Å²) in [6.45, 7) is 2.36. The third-order valence-corrected chi connectivity index (χ3v) is 5.71. The van der Waals surface area contributed by atoms with Gasteiger partial charge in [0.15, 0.2) is 0 Å². The molecule has 26 heavy (non-hydrogen) atoms. The largest absolute Gasteiger partial charge is 0.322 e. The fourth-order valence-corrected chi connectivity index (χ4v) is 4.39. The second kappa shape index (κ2) is 6.56. The number of fused-ring (bicyclic) bond motifs is 2. The van der Waals surface area contributed by atoms with Gasteiger partial charge in [-0.15, -0.1) is 0 Å². The number of hydrogen-bond acceptors (Lipinski definition) is 3. The van der Waals surface area contributed by atoms with Crippen LogP contribution in [-0.4, -0.2) is 23.3 Å². The standard InChI is InChI=1S/C21H23N3O2/c1-15(25)24-14-21(9-3-2-4-10-21)18-13-16(5-6-19(18)24)20(26)23-17-7-11-22-12-8-17/h5-8,11-13H,2-4,9-10,14H2,1H3,(H,22,23,26). The summed E-state index contributed by atoms with van der Waals surface area (Å²) in [5.41, 5.74) is 3.50. The molecule has 2 amide bonds. The number of hydrogen-bond donors (Lipinski definition) is 1. The molecule has 1 aromatic carbocycles. The van der Waals surface area contributed by atoms with E-state index in [4.69, 9.17) is 0 Å². The Balaban J connectivity index is 1.69. The topological polar surface area (TPSA) is 62.3 Å². The maximum Gasteiger partial charge on any atom is 0.255 e. The Morgan fingerprint density at radius 1 is 1.08 bits per heavy atom. The molecule has 1 aromatic heterocycles. The molecular weight excluding hydrogens is 326 g/mol. The van der Waals surface area contributed by atoms with Gasteiger partial charge >= 0.3 is 0 Å². The highest BCUT2D eigenvalue weighted by atomic mass is 16.2. The molecule has 0 radical (unpaired) electrons. The number of aromatic nitrogens is 1. The molecule has 5 nitrogen and oxygen atoms in total. The lowest BCUT2D eigenvalue weighted by Crippen LogP contribution is -2.37. The van der Waals surface area contributed by atoms with Crippen molar-refractivity contribution >= 4 is 23.2 Å². The number of nitrogens with zero attached hydrogens (tertiary/aromatic N) is 2. The van der Waals surface area contributed by atoms with E-state index in [1.165, 1.54) is 19.3 Å². The van der Waals surface area contributed by atoms with Crippen LogP contribution in [-0.2, 0) is 10.2 Å². The number of carbonyl (C=O) groups is 2. The molecule has 1 saturated carbocycles. The van der Waals surface area contributed by atoms with Gasteiger partial charge in [0.1, 0.15) is 0 Å². The number of rotatable bonds is 2. The highest BCUT2D eigenvalue weighted by Crippen LogP contribution is 2.49. The van der Waals surface area contributed by atoms with Gasteiger partial charge in [0.25, 0.3) is 5.91 Å². The van der Waals surface area contributed by atoms with E-state index in [-0.39, 0.29) is 17.2 Å². The van der Waals surface area contributed by atoms with Crippen LogP contribution in [0.15, 0.2) is 42.7 Å². The Hall–Kier alpha value is -2.69. The SMILES string of the molecule is CC(=O)N1CC2(CCCCC2)c2cc(C(=O)Nc3ccncc3)ccc21. The number of nitrogens with one attached hydrogen (secondary N) is 1. The number of carbonyl (C=O) groups excluding carboxylic acids is 2. The molecule has 1 N–H and O–H groups in total. The monoisotopic (exact) mass is 349 g/mol. The molecule has 2 aliphatic rings. The molecule has 1 aliphatic carbocycles. The number of benzene rings is 1. The van der Waals surface area contributed by atoms with Crippen molar-refractivity contribution in [2.75, 3.05) is 16.8 Å². The first-order chi connectivity index (χ1) is 12.6. The van der Waals surface area contributed by atoms with E-state index < -0.39 is 0 Å². The minimum absolute atomic E-state index is 0.00616. The van der Waals surface area contributed by atoms with Crippen LogP contribution in [0.3, 0.4) is 0 Å². The number of amides is 2. The fraction of sp³-hybridized carbons (Fsp3) is 0.381. The van der Waals surface area contributed by atoms with Crippen molar-refractivity contribution in [3.63, 3.8) is 0 Å². The molecule has 0 atom stereocenters. The van der Waals surface area contributed by atoms with Crippen LogP contribution in [0.4, 0.5) is 11.4 Å². The minimum Gasteiger partial charge on any atom is -0.322 e. The first-order valence-electron chi connectivity index (χ1n) is 9.23. The van der Waals surface area contributed by atoms with Gasteiger partial charge in [-0.3, -0.25) is 14.6 Å². The molecule has 2 aromatic rings. The summed E-state index contributed by atoms with van der Waals surface area (Å²) < 4.78 is 0. The normalized spacial score (nSPS) is 17.8. The van der Waals surface area contributed by atoms with Crippen LogP contribution < -0.4 is 10.2 Å². The fourth-order valence-electron chi connectivity index (χ4n) is 4.39. The summed E-state index contributed by atoms with van der Waals surface area (Å²) in [6.07, 6.45) is 9.08. The van der Waals surface area contributed by atoms with Crippen molar-refractivity contribution in [2.24, 2.45) is 0 Å². The van der Waals surface area contributed by atoms with Gasteiger partial charge in [0.2, 0.25) is 5.91 Å². The molecular formula is C21H23N3O2. The van der Waals surface area contributed by atoms with E-state index >= 15 is 0 Å². The van der Waals surface area contributed by atoms with Crippen molar-refractivity contribution in [1.82, 2.24) is 4.98 Å². The van der Waals surface area contributed by atoms with Crippen LogP contribution in [0.2, 0.25) is 0 Å². The summed E-state index contributed by atoms with van der Waals surface area (Å²) in [7, 11) is 0. The van der Waals surface area contributed by atoms with E-state index in [0.29, 0.717) is 5.56 Å². The smallest absolute Gasteiger partial charge is 0.255 e. The zero-order chi connectivity index (χ0) is 18.1. The quantitative estimate of drug-likeness (QED) is 0.894. The molecule has 1 spiro atoms. The molecule has 0 saturated heterocycles. The van der Waals surface area contributed by atoms with Crippen molar-refractivity contribution in [2.45, 2.75) is 44.4 Å². The zero-order valence-electron chi connectivity index (χ0n) is 15.0. The molecule has 4 rings (SSSR count). The Bertz CT molecular complexity index is 842. The van der Waals surface area contributed by atoms with E-state index in [1.54, 1.807) is 31.5 Å². The van der Waals surface area contributed by atoms with Gasteiger partial charge in [-0.05, 0) is 48.7 Å². The first-order valence-corrected chi connectivity index (χ1v) is 9.23. The van der Waals surface area contributed by atoms with Crippen LogP contribution in [0.5, 0.6) is 0 Å². The van der Waals surface area contributed by atoms with Gasteiger partial charge in [-0.1, -0.05) is 19.3 Å². The Morgan fingerprint density at radius 2 is 1.81 bits per heavy atom. The van der Waals surface area contributed by atoms with E-state index in [0.717, 1.165) is 36.3 Å². The second-order valence-electron chi connectivity index (χ2n) is 7.37. The van der Waals surface area contributed by atoms with Crippen molar-refractivity contribution < 1.29 is 9.59 Å². The Kier molecular flexibility index (Phi) is 4.23. The molecule has 1 fully saturated rings. The van der Waals surface area contributed by atoms with E-state index in [1.807, 2.05) is 23.1 Å². The lowest BCUT2D eigenvalue weighted by atomic mass is 9.70. The molecule has 2 heterocycles. The van der Waals surface area contributed by atoms with Crippen molar-refractivity contribution in [3.05, 3.63) is 53.9 Å². The number of anilines is 2. The molecule has 0 bridgehead atoms. The van der Waals surface area contributed by atoms with Crippen LogP contribution in [0.25, 0.3) is 0 Å². The van der Waals surface area contributed by atoms with Crippen LogP contribution >= 0.6 is 0 Å². The van der Waals surface area contributed by atoms with Gasteiger partial charge in [-0.25, -0.2) is 0 Å². The first kappa shape index (κ1) is 16.8. The third kappa shape index (κ3) is 2.87. The van der Waals surface area contributed by atoms with Crippen molar-refractivity contribution in [1.29, 1.82) is 0 Å². The Morgan fingerprint density at radius 3 is 2.50 bits per heavy atom. The van der Waals surface area contributed by atoms with E-state index in [2.05, 4.69) is 10.3 Å². The van der Waals surface area contributed by atoms with Gasteiger partial charge in [0, 0.05) is 48.2 Å². The lowest BCUT2D eigenvalue weighted by molar-refractivity contribution is -0.116. The maximum absolute atomic E-state index is 12.7. The third-order valence-electron chi connectivity index (χ3n) is 5.71. The summed E-state index contributed by atoms with van der Waals surface area (Å²) in [5.74, 6) is -0.0612. The zero-order valence-corrected chi connectivity index (χ0v) is 15.0. The lowest BCUT2D eigenvalue weighted by Gasteiger charge is -2.34. The number of pyridine rings is 1. The highest BCUT2D eigenvalue weighted by molar-refractivity contribution is 6.05. The predicted octanol–water partition coefficient (Wildman–Crippen LogP) is 3.90. The average molecular weight is 349 g/mol. The predicted molar refractivity (Wildman–Crippen MR) is 101 cm³/mol. The Labute approximate surface area is 153 Å². The highest BCUT2D eigenvalue weighted by Gasteiger charge is 2.44. The second-order valence-corrected chi connectivity index (χ2v) is 7.37. The van der Waals surface area contributed by atoms with Gasteiger partial charge in [-0.2, -0.15) is 0 Å². The maximum atomic E-state index is 12.7. The van der Waals surface area contributed by atoms with Gasteiger partial charge in [0.05, 0.1) is 0 Å². The average Bonchev–Trinajstić information content (AvgIpc) is 2.97. The van der Waals surface area contributed by atoms with Crippen LogP contribution in [0, 0.1) is 0 Å². The van der Waals surface area contributed by atoms with Crippen LogP contribution in [0.1, 0.15) is 54.9 Å². The summed E-state index contributed by atoms with van der Waals surface area (Å²) in [5, 5.41) is 2.92. The van der Waals surface area contributed by atoms with Gasteiger partial charge < -0.3 is 10.2 Å². The molecule has 0 unspecified atom stereocenters.